The van der Waals surface area contributed by atoms with E-state index in [-0.39, 0.29) is 17.9 Å². The van der Waals surface area contributed by atoms with Gasteiger partial charge in [0.25, 0.3) is 5.91 Å². The number of thiophene rings is 1. The Hall–Kier alpha value is -1.89. The predicted molar refractivity (Wildman–Crippen MR) is 106 cm³/mol. The SMILES string of the molecule is Cc1c(Cl)cccc1NC(=O)[C@H](C)N1CCN(C(=O)c2cccs2)CC1. The Labute approximate surface area is 162 Å². The van der Waals surface area contributed by atoms with Crippen LogP contribution in [-0.4, -0.2) is 53.8 Å². The van der Waals surface area contributed by atoms with Gasteiger partial charge in [-0.1, -0.05) is 23.7 Å². The molecule has 0 spiro atoms. The van der Waals surface area contributed by atoms with Gasteiger partial charge in [0.2, 0.25) is 5.91 Å². The predicted octanol–water partition coefficient (Wildman–Crippen LogP) is 3.49. The number of rotatable bonds is 4. The number of halogens is 1. The first-order valence-electron chi connectivity index (χ1n) is 8.60. The van der Waals surface area contributed by atoms with Crippen molar-refractivity contribution in [1.29, 1.82) is 0 Å². The number of carbonyl (C=O) groups is 2. The van der Waals surface area contributed by atoms with Crippen molar-refractivity contribution >= 4 is 40.4 Å². The minimum atomic E-state index is -0.271. The maximum absolute atomic E-state index is 12.6. The standard InChI is InChI=1S/C19H22ClN3O2S/c1-13-15(20)5-3-6-16(13)21-18(24)14(2)22-8-10-23(11-9-22)19(25)17-7-4-12-26-17/h3-7,12,14H,8-11H2,1-2H3,(H,21,24)/t14-/m0/s1. The van der Waals surface area contributed by atoms with Gasteiger partial charge in [0, 0.05) is 36.9 Å². The molecule has 7 heteroatoms. The highest BCUT2D eigenvalue weighted by Crippen LogP contribution is 2.23. The highest BCUT2D eigenvalue weighted by molar-refractivity contribution is 7.12. The number of hydrogen-bond donors (Lipinski definition) is 1. The maximum atomic E-state index is 12.6. The summed E-state index contributed by atoms with van der Waals surface area (Å²) < 4.78 is 0. The van der Waals surface area contributed by atoms with Crippen LogP contribution in [0.5, 0.6) is 0 Å². The van der Waals surface area contributed by atoms with Gasteiger partial charge in [-0.25, -0.2) is 0 Å². The van der Waals surface area contributed by atoms with Gasteiger partial charge >= 0.3 is 0 Å². The molecule has 1 atom stereocenters. The normalized spacial score (nSPS) is 16.3. The van der Waals surface area contributed by atoms with Crippen molar-refractivity contribution in [2.45, 2.75) is 19.9 Å². The van der Waals surface area contributed by atoms with E-state index in [0.717, 1.165) is 16.1 Å². The Morgan fingerprint density at radius 3 is 2.54 bits per heavy atom. The highest BCUT2D eigenvalue weighted by Gasteiger charge is 2.28. The van der Waals surface area contributed by atoms with Crippen molar-refractivity contribution < 1.29 is 9.59 Å². The molecule has 1 fully saturated rings. The second kappa shape index (κ2) is 8.20. The second-order valence-corrected chi connectivity index (χ2v) is 7.74. The van der Waals surface area contributed by atoms with Crippen LogP contribution in [0.2, 0.25) is 5.02 Å². The lowest BCUT2D eigenvalue weighted by Crippen LogP contribution is -2.54. The average molecular weight is 392 g/mol. The number of anilines is 1. The van der Waals surface area contributed by atoms with Crippen LogP contribution in [0.25, 0.3) is 0 Å². The summed E-state index contributed by atoms with van der Waals surface area (Å²) in [6.07, 6.45) is 0. The van der Waals surface area contributed by atoms with E-state index >= 15 is 0 Å². The molecular formula is C19H22ClN3O2S. The van der Waals surface area contributed by atoms with Crippen LogP contribution in [0.15, 0.2) is 35.7 Å². The van der Waals surface area contributed by atoms with E-state index in [9.17, 15) is 9.59 Å². The van der Waals surface area contributed by atoms with Gasteiger partial charge < -0.3 is 10.2 Å². The summed E-state index contributed by atoms with van der Waals surface area (Å²) in [7, 11) is 0. The van der Waals surface area contributed by atoms with Crippen molar-refractivity contribution in [1.82, 2.24) is 9.80 Å². The van der Waals surface area contributed by atoms with Gasteiger partial charge in [-0.15, -0.1) is 11.3 Å². The molecule has 5 nitrogen and oxygen atoms in total. The first-order chi connectivity index (χ1) is 12.5. The Kier molecular flexibility index (Phi) is 5.96. The Morgan fingerprint density at radius 2 is 1.88 bits per heavy atom. The molecule has 2 aromatic rings. The summed E-state index contributed by atoms with van der Waals surface area (Å²) in [5.41, 5.74) is 1.60. The van der Waals surface area contributed by atoms with E-state index in [1.54, 1.807) is 6.07 Å². The minimum absolute atomic E-state index is 0.0617. The van der Waals surface area contributed by atoms with Crippen molar-refractivity contribution in [2.75, 3.05) is 31.5 Å². The van der Waals surface area contributed by atoms with Gasteiger partial charge in [0.1, 0.15) is 0 Å². The summed E-state index contributed by atoms with van der Waals surface area (Å²) in [4.78, 5) is 29.7. The van der Waals surface area contributed by atoms with Crippen molar-refractivity contribution in [3.63, 3.8) is 0 Å². The number of hydrogen-bond acceptors (Lipinski definition) is 4. The van der Waals surface area contributed by atoms with E-state index < -0.39 is 0 Å². The van der Waals surface area contributed by atoms with Crippen LogP contribution < -0.4 is 5.32 Å². The highest BCUT2D eigenvalue weighted by atomic mass is 35.5. The largest absolute Gasteiger partial charge is 0.335 e. The van der Waals surface area contributed by atoms with Crippen LogP contribution in [-0.2, 0) is 4.79 Å². The first-order valence-corrected chi connectivity index (χ1v) is 9.86. The molecule has 26 heavy (non-hydrogen) atoms. The number of amides is 2. The molecule has 3 rings (SSSR count). The monoisotopic (exact) mass is 391 g/mol. The molecule has 138 valence electrons. The molecule has 0 aliphatic carbocycles. The molecule has 2 amide bonds. The summed E-state index contributed by atoms with van der Waals surface area (Å²) >= 11 is 7.58. The number of nitrogens with one attached hydrogen (secondary N) is 1. The zero-order valence-electron chi connectivity index (χ0n) is 14.9. The third-order valence-corrected chi connectivity index (χ3v) is 6.05. The summed E-state index contributed by atoms with van der Waals surface area (Å²) in [6.45, 7) is 6.40. The fourth-order valence-corrected chi connectivity index (χ4v) is 3.88. The molecule has 1 N–H and O–H groups in total. The number of benzene rings is 1. The average Bonchev–Trinajstić information content (AvgIpc) is 3.19. The molecule has 0 bridgehead atoms. The van der Waals surface area contributed by atoms with Gasteiger partial charge in [-0.05, 0) is 43.0 Å². The third-order valence-electron chi connectivity index (χ3n) is 4.79. The Bertz CT molecular complexity index is 786. The quantitative estimate of drug-likeness (QED) is 0.867. The molecule has 1 aliphatic rings. The topological polar surface area (TPSA) is 52.7 Å². The zero-order chi connectivity index (χ0) is 18.7. The van der Waals surface area contributed by atoms with Crippen LogP contribution >= 0.6 is 22.9 Å². The summed E-state index contributed by atoms with van der Waals surface area (Å²) in [5.74, 6) is 0.0136. The number of carbonyl (C=O) groups excluding carboxylic acids is 2. The van der Waals surface area contributed by atoms with Crippen molar-refractivity contribution in [3.8, 4) is 0 Å². The van der Waals surface area contributed by atoms with E-state index in [1.807, 2.05) is 48.4 Å². The number of nitrogens with zero attached hydrogens (tertiary/aromatic N) is 2. The van der Waals surface area contributed by atoms with E-state index in [2.05, 4.69) is 10.2 Å². The lowest BCUT2D eigenvalue weighted by Gasteiger charge is -2.37. The first kappa shape index (κ1) is 18.9. The van der Waals surface area contributed by atoms with Crippen LogP contribution in [0, 0.1) is 6.92 Å². The van der Waals surface area contributed by atoms with Gasteiger partial charge in [-0.3, -0.25) is 14.5 Å². The molecule has 1 saturated heterocycles. The minimum Gasteiger partial charge on any atom is -0.335 e. The second-order valence-electron chi connectivity index (χ2n) is 6.38. The van der Waals surface area contributed by atoms with Crippen molar-refractivity contribution in [3.05, 3.63) is 51.2 Å². The van der Waals surface area contributed by atoms with Crippen LogP contribution in [0.4, 0.5) is 5.69 Å². The molecule has 0 radical (unpaired) electrons. The van der Waals surface area contributed by atoms with E-state index in [4.69, 9.17) is 11.6 Å². The fourth-order valence-electron chi connectivity index (χ4n) is 3.01. The van der Waals surface area contributed by atoms with Gasteiger partial charge in [0.05, 0.1) is 10.9 Å². The summed E-state index contributed by atoms with van der Waals surface area (Å²) in [5, 5.41) is 5.51. The Balaban J connectivity index is 1.56. The molecule has 0 saturated carbocycles. The lowest BCUT2D eigenvalue weighted by molar-refractivity contribution is -0.121. The van der Waals surface area contributed by atoms with E-state index in [0.29, 0.717) is 31.2 Å². The third kappa shape index (κ3) is 4.09. The molecule has 1 aromatic carbocycles. The van der Waals surface area contributed by atoms with E-state index in [1.165, 1.54) is 11.3 Å². The maximum Gasteiger partial charge on any atom is 0.264 e. The molecule has 1 aliphatic heterocycles. The molecule has 2 heterocycles. The van der Waals surface area contributed by atoms with Crippen LogP contribution in [0.3, 0.4) is 0 Å². The Morgan fingerprint density at radius 1 is 1.15 bits per heavy atom. The van der Waals surface area contributed by atoms with Crippen molar-refractivity contribution in [2.24, 2.45) is 0 Å². The molecule has 1 aromatic heterocycles. The molecular weight excluding hydrogens is 370 g/mol. The fraction of sp³-hybridized carbons (Fsp3) is 0.368. The lowest BCUT2D eigenvalue weighted by atomic mass is 10.1. The summed E-state index contributed by atoms with van der Waals surface area (Å²) in [6, 6.07) is 8.95. The number of piperazine rings is 1. The van der Waals surface area contributed by atoms with Gasteiger partial charge in [0.15, 0.2) is 0 Å². The smallest absolute Gasteiger partial charge is 0.264 e. The zero-order valence-corrected chi connectivity index (χ0v) is 16.4. The van der Waals surface area contributed by atoms with Crippen LogP contribution in [0.1, 0.15) is 22.2 Å². The van der Waals surface area contributed by atoms with Gasteiger partial charge in [-0.2, -0.15) is 0 Å². The molecule has 0 unspecified atom stereocenters.